The number of aromatic nitrogens is 1. The van der Waals surface area contributed by atoms with Crippen molar-refractivity contribution in [3.63, 3.8) is 0 Å². The summed E-state index contributed by atoms with van der Waals surface area (Å²) >= 11 is 0. The van der Waals surface area contributed by atoms with Gasteiger partial charge in [0.15, 0.2) is 11.6 Å². The molecule has 0 unspecified atom stereocenters. The summed E-state index contributed by atoms with van der Waals surface area (Å²) in [6, 6.07) is 1.90. The summed E-state index contributed by atoms with van der Waals surface area (Å²) in [5, 5.41) is 9.69. The van der Waals surface area contributed by atoms with E-state index in [1.165, 1.54) is 0 Å². The maximum Gasteiger partial charge on any atom is 0.336 e. The summed E-state index contributed by atoms with van der Waals surface area (Å²) in [4.78, 5) is 16.0. The molecule has 1 aliphatic carbocycles. The molecule has 0 spiro atoms. The van der Waals surface area contributed by atoms with Gasteiger partial charge in [-0.3, -0.25) is 4.98 Å². The Morgan fingerprint density at radius 3 is 2.62 bits per heavy atom. The zero-order chi connectivity index (χ0) is 15.4. The van der Waals surface area contributed by atoms with Gasteiger partial charge in [-0.25, -0.2) is 13.6 Å². The molecule has 1 aliphatic rings. The Bertz CT molecular complexity index is 769. The van der Waals surface area contributed by atoms with Crippen molar-refractivity contribution >= 4 is 16.9 Å². The molecule has 1 N–H and O–H groups in total. The van der Waals surface area contributed by atoms with E-state index in [4.69, 9.17) is 0 Å². The smallest absolute Gasteiger partial charge is 0.336 e. The highest BCUT2D eigenvalue weighted by atomic mass is 19.2. The minimum Gasteiger partial charge on any atom is -0.478 e. The van der Waals surface area contributed by atoms with Crippen molar-refractivity contribution in [2.24, 2.45) is 5.41 Å². The Kier molecular flexibility index (Phi) is 2.97. The van der Waals surface area contributed by atoms with Crippen LogP contribution >= 0.6 is 0 Å². The maximum absolute atomic E-state index is 13.5. The molecule has 110 valence electrons. The van der Waals surface area contributed by atoms with E-state index in [0.717, 1.165) is 18.6 Å². The molecule has 0 saturated heterocycles. The summed E-state index contributed by atoms with van der Waals surface area (Å²) in [7, 11) is 0. The molecular weight excluding hydrogens is 276 g/mol. The second-order valence-electron chi connectivity index (χ2n) is 6.34. The summed E-state index contributed by atoms with van der Waals surface area (Å²) in [6.07, 6.45) is 2.12. The Morgan fingerprint density at radius 1 is 1.29 bits per heavy atom. The van der Waals surface area contributed by atoms with E-state index in [-0.39, 0.29) is 21.9 Å². The van der Waals surface area contributed by atoms with Gasteiger partial charge in [-0.1, -0.05) is 13.8 Å². The minimum absolute atomic E-state index is 0.0227. The molecule has 0 atom stereocenters. The number of aromatic carboxylic acids is 1. The van der Waals surface area contributed by atoms with E-state index in [1.807, 2.05) is 0 Å². The summed E-state index contributed by atoms with van der Waals surface area (Å²) in [5.41, 5.74) is 1.57. The Balaban J connectivity index is 2.38. The summed E-state index contributed by atoms with van der Waals surface area (Å²) in [6.45, 7) is 4.13. The summed E-state index contributed by atoms with van der Waals surface area (Å²) < 4.78 is 26.9. The number of carboxylic acid groups (broad SMARTS) is 1. The largest absolute Gasteiger partial charge is 0.478 e. The van der Waals surface area contributed by atoms with E-state index in [9.17, 15) is 18.7 Å². The fraction of sp³-hybridized carbons (Fsp3) is 0.375. The Hall–Kier alpha value is -2.04. The fourth-order valence-electron chi connectivity index (χ4n) is 3.01. The van der Waals surface area contributed by atoms with Gasteiger partial charge in [0.05, 0.1) is 11.1 Å². The second kappa shape index (κ2) is 4.48. The average Bonchev–Trinajstić information content (AvgIpc) is 2.37. The van der Waals surface area contributed by atoms with E-state index in [1.54, 1.807) is 0 Å². The van der Waals surface area contributed by atoms with Crippen LogP contribution in [0.5, 0.6) is 0 Å². The SMILES string of the molecule is CC1(C)CCc2nc3cc(F)c(F)cc3c(C(=O)O)c2C1. The van der Waals surface area contributed by atoms with Crippen molar-refractivity contribution in [1.82, 2.24) is 4.98 Å². The van der Waals surface area contributed by atoms with Gasteiger partial charge in [0.1, 0.15) is 0 Å². The monoisotopic (exact) mass is 291 g/mol. The van der Waals surface area contributed by atoms with Gasteiger partial charge in [-0.2, -0.15) is 0 Å². The van der Waals surface area contributed by atoms with Gasteiger partial charge in [-0.15, -0.1) is 0 Å². The molecule has 0 aliphatic heterocycles. The molecule has 21 heavy (non-hydrogen) atoms. The first-order valence-corrected chi connectivity index (χ1v) is 6.82. The van der Waals surface area contributed by atoms with Crippen molar-refractivity contribution in [2.45, 2.75) is 33.1 Å². The normalized spacial score (nSPS) is 16.8. The predicted octanol–water partition coefficient (Wildman–Crippen LogP) is 3.73. The van der Waals surface area contributed by atoms with Crippen molar-refractivity contribution in [1.29, 1.82) is 0 Å². The maximum atomic E-state index is 13.5. The molecule has 0 amide bonds. The van der Waals surface area contributed by atoms with Crippen LogP contribution in [0.2, 0.25) is 0 Å². The van der Waals surface area contributed by atoms with Crippen molar-refractivity contribution in [3.8, 4) is 0 Å². The van der Waals surface area contributed by atoms with Crippen LogP contribution in [0.3, 0.4) is 0 Å². The van der Waals surface area contributed by atoms with E-state index in [0.29, 0.717) is 24.1 Å². The number of benzene rings is 1. The van der Waals surface area contributed by atoms with Gasteiger partial charge in [0.2, 0.25) is 0 Å². The van der Waals surface area contributed by atoms with Crippen LogP contribution in [0.1, 0.15) is 41.9 Å². The molecule has 0 radical (unpaired) electrons. The summed E-state index contributed by atoms with van der Waals surface area (Å²) in [5.74, 6) is -3.19. The van der Waals surface area contributed by atoms with Gasteiger partial charge in [0, 0.05) is 17.1 Å². The quantitative estimate of drug-likeness (QED) is 0.871. The van der Waals surface area contributed by atoms with Crippen LogP contribution in [0.15, 0.2) is 12.1 Å². The van der Waals surface area contributed by atoms with E-state index < -0.39 is 17.6 Å². The number of fused-ring (bicyclic) bond motifs is 2. The number of carboxylic acids is 1. The number of hydrogen-bond donors (Lipinski definition) is 1. The Labute approximate surface area is 120 Å². The van der Waals surface area contributed by atoms with Crippen LogP contribution in [-0.2, 0) is 12.8 Å². The second-order valence-corrected chi connectivity index (χ2v) is 6.34. The fourth-order valence-corrected chi connectivity index (χ4v) is 3.01. The third-order valence-corrected chi connectivity index (χ3v) is 4.12. The Morgan fingerprint density at radius 2 is 1.95 bits per heavy atom. The number of hydrogen-bond acceptors (Lipinski definition) is 2. The molecule has 0 bridgehead atoms. The molecule has 1 aromatic carbocycles. The van der Waals surface area contributed by atoms with Crippen molar-refractivity contribution < 1.29 is 18.7 Å². The molecule has 3 rings (SSSR count). The predicted molar refractivity (Wildman–Crippen MR) is 74.4 cm³/mol. The lowest BCUT2D eigenvalue weighted by Crippen LogP contribution is -2.25. The molecule has 1 heterocycles. The van der Waals surface area contributed by atoms with Crippen LogP contribution in [0.25, 0.3) is 10.9 Å². The molecule has 0 fully saturated rings. The molecule has 3 nitrogen and oxygen atoms in total. The lowest BCUT2D eigenvalue weighted by Gasteiger charge is -2.31. The lowest BCUT2D eigenvalue weighted by molar-refractivity contribution is 0.0696. The zero-order valence-corrected chi connectivity index (χ0v) is 11.8. The number of pyridine rings is 1. The highest BCUT2D eigenvalue weighted by Crippen LogP contribution is 2.38. The van der Waals surface area contributed by atoms with Crippen LogP contribution in [-0.4, -0.2) is 16.1 Å². The molecular formula is C16H15F2NO2. The van der Waals surface area contributed by atoms with Gasteiger partial charge in [-0.05, 0) is 36.3 Å². The highest BCUT2D eigenvalue weighted by molar-refractivity contribution is 6.04. The van der Waals surface area contributed by atoms with Crippen LogP contribution in [0.4, 0.5) is 8.78 Å². The molecule has 2 aromatic rings. The average molecular weight is 291 g/mol. The van der Waals surface area contributed by atoms with Crippen LogP contribution in [0, 0.1) is 17.0 Å². The van der Waals surface area contributed by atoms with Gasteiger partial charge < -0.3 is 5.11 Å². The number of rotatable bonds is 1. The third-order valence-electron chi connectivity index (χ3n) is 4.12. The van der Waals surface area contributed by atoms with Gasteiger partial charge in [0.25, 0.3) is 0 Å². The number of aryl methyl sites for hydroxylation is 1. The lowest BCUT2D eigenvalue weighted by atomic mass is 9.74. The molecule has 0 saturated carbocycles. The number of halogens is 2. The van der Waals surface area contributed by atoms with E-state index >= 15 is 0 Å². The molecule has 5 heteroatoms. The standard InChI is InChI=1S/C16H15F2NO2/c1-16(2)4-3-12-9(7-16)14(15(20)21)8-5-10(17)11(18)6-13(8)19-12/h5-6H,3-4,7H2,1-2H3,(H,20,21). The third kappa shape index (κ3) is 2.26. The number of carbonyl (C=O) groups is 1. The minimum atomic E-state index is -1.12. The topological polar surface area (TPSA) is 50.2 Å². The van der Waals surface area contributed by atoms with Gasteiger partial charge >= 0.3 is 5.97 Å². The first kappa shape index (κ1) is 13.9. The highest BCUT2D eigenvalue weighted by Gasteiger charge is 2.31. The van der Waals surface area contributed by atoms with E-state index in [2.05, 4.69) is 18.8 Å². The number of nitrogens with zero attached hydrogens (tertiary/aromatic N) is 1. The zero-order valence-electron chi connectivity index (χ0n) is 11.8. The van der Waals surface area contributed by atoms with Crippen LogP contribution < -0.4 is 0 Å². The first-order chi connectivity index (χ1) is 9.78. The van der Waals surface area contributed by atoms with Crippen molar-refractivity contribution in [2.75, 3.05) is 0 Å². The first-order valence-electron chi connectivity index (χ1n) is 6.82. The molecule has 1 aromatic heterocycles. The van der Waals surface area contributed by atoms with Crippen molar-refractivity contribution in [3.05, 3.63) is 40.6 Å².